The molecular formula is C18H32IN5O. The van der Waals surface area contributed by atoms with Crippen LogP contribution in [0.2, 0.25) is 0 Å². The fourth-order valence-electron chi connectivity index (χ4n) is 3.08. The van der Waals surface area contributed by atoms with Crippen molar-refractivity contribution in [3.05, 3.63) is 24.5 Å². The highest BCUT2D eigenvalue weighted by Crippen LogP contribution is 2.27. The van der Waals surface area contributed by atoms with Crippen molar-refractivity contribution in [1.82, 2.24) is 20.5 Å². The molecule has 0 radical (unpaired) electrons. The van der Waals surface area contributed by atoms with Gasteiger partial charge >= 0.3 is 0 Å². The number of nitrogens with one attached hydrogen (secondary N) is 3. The lowest BCUT2D eigenvalue weighted by molar-refractivity contribution is -0.121. The molecule has 3 N–H and O–H groups in total. The van der Waals surface area contributed by atoms with Crippen LogP contribution in [0.5, 0.6) is 0 Å². The largest absolute Gasteiger partial charge is 0.357 e. The quantitative estimate of drug-likeness (QED) is 0.229. The second kappa shape index (κ2) is 13.0. The van der Waals surface area contributed by atoms with Gasteiger partial charge in [0.2, 0.25) is 5.91 Å². The van der Waals surface area contributed by atoms with Gasteiger partial charge in [0, 0.05) is 45.0 Å². The first kappa shape index (κ1) is 21.8. The van der Waals surface area contributed by atoms with Crippen LogP contribution in [0, 0.1) is 5.92 Å². The van der Waals surface area contributed by atoms with Crippen LogP contribution in [0.3, 0.4) is 0 Å². The third-order valence-electron chi connectivity index (χ3n) is 4.33. The summed E-state index contributed by atoms with van der Waals surface area (Å²) in [4.78, 5) is 16.4. The Morgan fingerprint density at radius 1 is 1.12 bits per heavy atom. The van der Waals surface area contributed by atoms with Crippen molar-refractivity contribution in [3.8, 4) is 0 Å². The molecule has 7 heteroatoms. The van der Waals surface area contributed by atoms with Crippen LogP contribution in [0.15, 0.2) is 29.5 Å². The first-order chi connectivity index (χ1) is 11.8. The predicted molar refractivity (Wildman–Crippen MR) is 113 cm³/mol. The predicted octanol–water partition coefficient (Wildman–Crippen LogP) is 2.36. The Labute approximate surface area is 168 Å². The fourth-order valence-corrected chi connectivity index (χ4v) is 3.08. The molecule has 0 aromatic carbocycles. The molecule has 0 spiro atoms. The van der Waals surface area contributed by atoms with Gasteiger partial charge in [-0.1, -0.05) is 12.8 Å². The minimum absolute atomic E-state index is 0. The smallest absolute Gasteiger partial charge is 0.220 e. The van der Waals surface area contributed by atoms with E-state index in [1.165, 1.54) is 25.7 Å². The van der Waals surface area contributed by atoms with Gasteiger partial charge in [-0.3, -0.25) is 9.79 Å². The number of guanidine groups is 1. The third kappa shape index (κ3) is 9.13. The maximum absolute atomic E-state index is 11.9. The second-order valence-corrected chi connectivity index (χ2v) is 6.31. The zero-order chi connectivity index (χ0) is 17.0. The van der Waals surface area contributed by atoms with E-state index < -0.39 is 0 Å². The molecular weight excluding hydrogens is 429 g/mol. The van der Waals surface area contributed by atoms with E-state index >= 15 is 0 Å². The molecule has 1 saturated carbocycles. The van der Waals surface area contributed by atoms with Crippen LogP contribution in [-0.4, -0.2) is 42.6 Å². The molecule has 6 nitrogen and oxygen atoms in total. The number of hydrogen-bond acceptors (Lipinski definition) is 2. The number of rotatable bonds is 9. The van der Waals surface area contributed by atoms with Gasteiger partial charge in [0.1, 0.15) is 0 Å². The minimum Gasteiger partial charge on any atom is -0.357 e. The molecule has 1 aromatic heterocycles. The van der Waals surface area contributed by atoms with E-state index in [4.69, 9.17) is 0 Å². The summed E-state index contributed by atoms with van der Waals surface area (Å²) >= 11 is 0. The number of carbonyl (C=O) groups excluding carboxylic acids is 1. The van der Waals surface area contributed by atoms with Gasteiger partial charge in [-0.2, -0.15) is 0 Å². The number of amides is 1. The molecule has 25 heavy (non-hydrogen) atoms. The van der Waals surface area contributed by atoms with Crippen molar-refractivity contribution in [1.29, 1.82) is 0 Å². The summed E-state index contributed by atoms with van der Waals surface area (Å²) in [5.74, 6) is 1.57. The maximum Gasteiger partial charge on any atom is 0.220 e. The Morgan fingerprint density at radius 2 is 1.84 bits per heavy atom. The van der Waals surface area contributed by atoms with Crippen LogP contribution in [0.4, 0.5) is 0 Å². The maximum atomic E-state index is 11.9. The molecule has 0 atom stereocenters. The van der Waals surface area contributed by atoms with Crippen molar-refractivity contribution in [3.63, 3.8) is 0 Å². The van der Waals surface area contributed by atoms with E-state index in [9.17, 15) is 4.79 Å². The van der Waals surface area contributed by atoms with E-state index in [1.54, 1.807) is 0 Å². The first-order valence-electron chi connectivity index (χ1n) is 9.17. The lowest BCUT2D eigenvalue weighted by Gasteiger charge is -2.12. The average Bonchev–Trinajstić information content (AvgIpc) is 3.25. The lowest BCUT2D eigenvalue weighted by Crippen LogP contribution is -2.39. The normalized spacial score (nSPS) is 14.8. The molecule has 0 saturated heterocycles. The van der Waals surface area contributed by atoms with Crippen LogP contribution in [0.25, 0.3) is 0 Å². The molecule has 1 aliphatic carbocycles. The van der Waals surface area contributed by atoms with Gasteiger partial charge in [0.25, 0.3) is 0 Å². The number of hydrogen-bond donors (Lipinski definition) is 3. The number of aliphatic imine (C=N–C) groups is 1. The Bertz CT molecular complexity index is 498. The molecule has 1 fully saturated rings. The highest BCUT2D eigenvalue weighted by Gasteiger charge is 2.17. The lowest BCUT2D eigenvalue weighted by atomic mass is 10.0. The molecule has 0 unspecified atom stereocenters. The Morgan fingerprint density at radius 3 is 2.52 bits per heavy atom. The number of aromatic nitrogens is 1. The van der Waals surface area contributed by atoms with Gasteiger partial charge in [0.15, 0.2) is 5.96 Å². The molecule has 1 aromatic rings. The van der Waals surface area contributed by atoms with Gasteiger partial charge in [-0.25, -0.2) is 0 Å². The monoisotopic (exact) mass is 461 g/mol. The standard InChI is InChI=1S/C18H31N5O.HI/c1-2-19-18(22-11-14-23-12-5-6-13-23)21-10-9-20-17(24)15-16-7-3-4-8-16;/h5-6,12-13,16H,2-4,7-11,14-15H2,1H3,(H,20,24)(H2,19,21,22);1H. The summed E-state index contributed by atoms with van der Waals surface area (Å²) in [6, 6.07) is 4.04. The van der Waals surface area contributed by atoms with Gasteiger partial charge in [0.05, 0.1) is 6.54 Å². The molecule has 142 valence electrons. The van der Waals surface area contributed by atoms with Crippen molar-refractivity contribution in [2.24, 2.45) is 10.9 Å². The summed E-state index contributed by atoms with van der Waals surface area (Å²) in [5.41, 5.74) is 0. The summed E-state index contributed by atoms with van der Waals surface area (Å²) in [5, 5.41) is 9.52. The van der Waals surface area contributed by atoms with Crippen LogP contribution in [0.1, 0.15) is 39.0 Å². The Balaban J connectivity index is 0.00000312. The molecule has 2 rings (SSSR count). The van der Waals surface area contributed by atoms with E-state index in [0.29, 0.717) is 25.4 Å². The van der Waals surface area contributed by atoms with Crippen molar-refractivity contribution >= 4 is 35.8 Å². The minimum atomic E-state index is 0. The van der Waals surface area contributed by atoms with E-state index in [-0.39, 0.29) is 29.9 Å². The summed E-state index contributed by atoms with van der Waals surface area (Å²) in [7, 11) is 0. The molecule has 1 heterocycles. The number of nitrogens with zero attached hydrogens (tertiary/aromatic N) is 2. The van der Waals surface area contributed by atoms with Crippen molar-refractivity contribution in [2.45, 2.75) is 45.6 Å². The highest BCUT2D eigenvalue weighted by molar-refractivity contribution is 14.0. The summed E-state index contributed by atoms with van der Waals surface area (Å²) in [6.07, 6.45) is 9.75. The topological polar surface area (TPSA) is 70.4 Å². The first-order valence-corrected chi connectivity index (χ1v) is 9.17. The zero-order valence-electron chi connectivity index (χ0n) is 15.2. The summed E-state index contributed by atoms with van der Waals surface area (Å²) < 4.78 is 2.12. The molecule has 1 aliphatic rings. The van der Waals surface area contributed by atoms with Gasteiger partial charge in [-0.15, -0.1) is 24.0 Å². The number of carbonyl (C=O) groups is 1. The average molecular weight is 461 g/mol. The summed E-state index contributed by atoms with van der Waals surface area (Å²) in [6.45, 7) is 5.77. The fraction of sp³-hybridized carbons (Fsp3) is 0.667. The highest BCUT2D eigenvalue weighted by atomic mass is 127. The third-order valence-corrected chi connectivity index (χ3v) is 4.33. The number of halogens is 1. The zero-order valence-corrected chi connectivity index (χ0v) is 17.5. The van der Waals surface area contributed by atoms with Gasteiger partial charge in [-0.05, 0) is 37.8 Å². The Kier molecular flexibility index (Phi) is 11.3. The van der Waals surface area contributed by atoms with Crippen LogP contribution < -0.4 is 16.0 Å². The molecule has 0 bridgehead atoms. The van der Waals surface area contributed by atoms with Gasteiger partial charge < -0.3 is 20.5 Å². The van der Waals surface area contributed by atoms with Crippen LogP contribution >= 0.6 is 24.0 Å². The van der Waals surface area contributed by atoms with E-state index in [1.807, 2.05) is 31.5 Å². The van der Waals surface area contributed by atoms with E-state index in [2.05, 4.69) is 25.5 Å². The molecule has 0 aliphatic heterocycles. The van der Waals surface area contributed by atoms with Crippen LogP contribution in [-0.2, 0) is 11.3 Å². The van der Waals surface area contributed by atoms with Crippen molar-refractivity contribution in [2.75, 3.05) is 26.2 Å². The molecule has 1 amide bonds. The Hall–Kier alpha value is -1.25. The SMILES string of the molecule is CCNC(=NCCNC(=O)CC1CCCC1)NCCn1cccc1.I. The van der Waals surface area contributed by atoms with Crippen molar-refractivity contribution < 1.29 is 4.79 Å². The second-order valence-electron chi connectivity index (χ2n) is 6.31. The van der Waals surface area contributed by atoms with E-state index in [0.717, 1.165) is 25.6 Å².